The van der Waals surface area contributed by atoms with Gasteiger partial charge < -0.3 is 10.2 Å². The number of phenolic OH excluding ortho intramolecular Hbond substituents is 2. The van der Waals surface area contributed by atoms with Gasteiger partial charge in [-0.05, 0) is 52.0 Å². The molecule has 8 heteroatoms. The number of aliphatic imine (C=N–C) groups is 4. The summed E-state index contributed by atoms with van der Waals surface area (Å²) in [4.78, 5) is 38.4. The number of ketones is 2. The second-order valence-corrected chi connectivity index (χ2v) is 8.18. The molecule has 0 aliphatic carbocycles. The van der Waals surface area contributed by atoms with E-state index in [-0.39, 0.29) is 23.1 Å². The molecule has 0 aliphatic heterocycles. The van der Waals surface area contributed by atoms with Gasteiger partial charge in [-0.15, -0.1) is 0 Å². The highest BCUT2D eigenvalue weighted by Crippen LogP contribution is 2.13. The third kappa shape index (κ3) is 14.3. The Morgan fingerprint density at radius 2 is 1.00 bits per heavy atom. The van der Waals surface area contributed by atoms with Crippen LogP contribution in [0.15, 0.2) is 68.5 Å². The van der Waals surface area contributed by atoms with Crippen molar-refractivity contribution in [3.8, 4) is 11.5 Å². The molecular weight excluding hydrogens is 456 g/mol. The molecule has 0 radical (unpaired) electrons. The van der Waals surface area contributed by atoms with E-state index in [4.69, 9.17) is 0 Å². The van der Waals surface area contributed by atoms with Crippen LogP contribution in [0.3, 0.4) is 0 Å². The van der Waals surface area contributed by atoms with Gasteiger partial charge in [-0.2, -0.15) is 0 Å². The van der Waals surface area contributed by atoms with Crippen LogP contribution in [0.5, 0.6) is 11.5 Å². The number of para-hydroxylation sites is 2. The van der Waals surface area contributed by atoms with Crippen LogP contribution in [0.25, 0.3) is 0 Å². The molecule has 0 fully saturated rings. The number of hydrogen-bond acceptors (Lipinski definition) is 8. The molecule has 0 atom stereocenters. The lowest BCUT2D eigenvalue weighted by Crippen LogP contribution is -2.04. The minimum Gasteiger partial charge on any atom is -0.507 e. The van der Waals surface area contributed by atoms with Crippen molar-refractivity contribution in [3.63, 3.8) is 0 Å². The van der Waals surface area contributed by atoms with E-state index in [2.05, 4.69) is 20.0 Å². The Labute approximate surface area is 213 Å². The van der Waals surface area contributed by atoms with Crippen LogP contribution in [0.1, 0.15) is 51.7 Å². The van der Waals surface area contributed by atoms with Gasteiger partial charge in [0.15, 0.2) is 0 Å². The number of rotatable bonds is 12. The first-order chi connectivity index (χ1) is 17.2. The van der Waals surface area contributed by atoms with Gasteiger partial charge in [-0.1, -0.05) is 24.3 Å². The number of phenols is 2. The number of Topliss-reactive ketones (excluding diaryl/α,β-unsaturated/α-hetero) is 2. The van der Waals surface area contributed by atoms with Crippen molar-refractivity contribution in [2.45, 2.75) is 40.5 Å². The maximum atomic E-state index is 10.8. The maximum absolute atomic E-state index is 10.8. The van der Waals surface area contributed by atoms with Crippen LogP contribution in [0.4, 0.5) is 0 Å². The lowest BCUT2D eigenvalue weighted by atomic mass is 10.2. The fourth-order valence-corrected chi connectivity index (χ4v) is 2.95. The average molecular weight is 493 g/mol. The molecule has 0 amide bonds. The second-order valence-electron chi connectivity index (χ2n) is 8.18. The molecule has 2 aromatic rings. The predicted octanol–water partition coefficient (Wildman–Crippen LogP) is 4.50. The van der Waals surface area contributed by atoms with E-state index >= 15 is 0 Å². The zero-order chi connectivity index (χ0) is 26.8. The molecule has 0 bridgehead atoms. The summed E-state index contributed by atoms with van der Waals surface area (Å²) in [5.41, 5.74) is 3.06. The largest absolute Gasteiger partial charge is 0.507 e. The summed E-state index contributed by atoms with van der Waals surface area (Å²) in [7, 11) is 0. The SMILES string of the molecule is CC(=O)CC(C)=NCCN=C(C)CC(C)=O.Oc1ccccc1C=NCCN=Cc1ccccc1O. The Bertz CT molecular complexity index is 1020. The minimum atomic E-state index is 0.123. The maximum Gasteiger partial charge on any atom is 0.135 e. The third-order valence-electron chi connectivity index (χ3n) is 4.57. The highest BCUT2D eigenvalue weighted by molar-refractivity contribution is 6.00. The summed E-state index contributed by atoms with van der Waals surface area (Å²) in [6.45, 7) is 8.99. The van der Waals surface area contributed by atoms with E-state index < -0.39 is 0 Å². The van der Waals surface area contributed by atoms with Crippen molar-refractivity contribution < 1.29 is 19.8 Å². The molecule has 0 saturated heterocycles. The molecule has 0 saturated carbocycles. The molecule has 2 rings (SSSR count). The van der Waals surface area contributed by atoms with Crippen molar-refractivity contribution in [2.24, 2.45) is 20.0 Å². The molecule has 0 spiro atoms. The van der Waals surface area contributed by atoms with Crippen molar-refractivity contribution in [1.82, 2.24) is 0 Å². The summed E-state index contributed by atoms with van der Waals surface area (Å²) in [5.74, 6) is 0.679. The molecule has 0 aliphatic rings. The standard InChI is InChI=1S/C16H16N2O2.C12H20N2O2/c19-15-7-3-1-5-13(15)11-17-9-10-18-12-14-6-2-4-8-16(14)20;1-9(7-11(3)15)13-5-6-14-10(2)8-12(4)16/h1-8,11-12,19-20H,9-10H2;5-8H2,1-4H3. The smallest absolute Gasteiger partial charge is 0.135 e. The van der Waals surface area contributed by atoms with E-state index in [0.717, 1.165) is 11.4 Å². The van der Waals surface area contributed by atoms with Gasteiger partial charge in [0.2, 0.25) is 0 Å². The van der Waals surface area contributed by atoms with Gasteiger partial charge in [0.1, 0.15) is 23.1 Å². The second kappa shape index (κ2) is 17.5. The van der Waals surface area contributed by atoms with Gasteiger partial charge in [-0.3, -0.25) is 29.6 Å². The highest BCUT2D eigenvalue weighted by atomic mass is 16.3. The van der Waals surface area contributed by atoms with Crippen LogP contribution in [0.2, 0.25) is 0 Å². The number of nitrogens with zero attached hydrogens (tertiary/aromatic N) is 4. The van der Waals surface area contributed by atoms with Crippen LogP contribution in [-0.2, 0) is 9.59 Å². The molecule has 0 unspecified atom stereocenters. The van der Waals surface area contributed by atoms with Crippen LogP contribution in [-0.4, -0.2) is 71.8 Å². The van der Waals surface area contributed by atoms with E-state index in [1.807, 2.05) is 26.0 Å². The number of carbonyl (C=O) groups excluding carboxylic acids is 2. The predicted molar refractivity (Wildman–Crippen MR) is 148 cm³/mol. The Morgan fingerprint density at radius 1 is 0.639 bits per heavy atom. The minimum absolute atomic E-state index is 0.123. The van der Waals surface area contributed by atoms with Crippen LogP contribution in [0, 0.1) is 0 Å². The zero-order valence-corrected chi connectivity index (χ0v) is 21.5. The summed E-state index contributed by atoms with van der Waals surface area (Å²) in [5, 5.41) is 19.1. The van der Waals surface area contributed by atoms with Crippen LogP contribution >= 0.6 is 0 Å². The summed E-state index contributed by atoms with van der Waals surface area (Å²) < 4.78 is 0. The number of carbonyl (C=O) groups is 2. The van der Waals surface area contributed by atoms with E-state index in [0.29, 0.717) is 50.1 Å². The lowest BCUT2D eigenvalue weighted by Gasteiger charge is -1.98. The fraction of sp³-hybridized carbons (Fsp3) is 0.357. The van der Waals surface area contributed by atoms with E-state index in [1.54, 1.807) is 62.7 Å². The fourth-order valence-electron chi connectivity index (χ4n) is 2.95. The Balaban J connectivity index is 0.000000371. The molecular formula is C28H36N4O4. The van der Waals surface area contributed by atoms with Crippen molar-refractivity contribution in [3.05, 3.63) is 59.7 Å². The Morgan fingerprint density at radius 3 is 1.33 bits per heavy atom. The number of aromatic hydroxyl groups is 2. The zero-order valence-electron chi connectivity index (χ0n) is 21.5. The molecule has 0 aromatic heterocycles. The molecule has 2 N–H and O–H groups in total. The summed E-state index contributed by atoms with van der Waals surface area (Å²) in [6, 6.07) is 14.1. The van der Waals surface area contributed by atoms with Gasteiger partial charge in [0.25, 0.3) is 0 Å². The van der Waals surface area contributed by atoms with Crippen molar-refractivity contribution in [1.29, 1.82) is 0 Å². The average Bonchev–Trinajstić information content (AvgIpc) is 2.81. The first-order valence-electron chi connectivity index (χ1n) is 11.7. The number of hydrogen-bond donors (Lipinski definition) is 2. The highest BCUT2D eigenvalue weighted by Gasteiger charge is 1.98. The van der Waals surface area contributed by atoms with E-state index in [1.165, 1.54) is 0 Å². The molecule has 0 heterocycles. The quantitative estimate of drug-likeness (QED) is 0.334. The van der Waals surface area contributed by atoms with Gasteiger partial charge in [-0.25, -0.2) is 0 Å². The Hall–Kier alpha value is -3.94. The molecule has 192 valence electrons. The van der Waals surface area contributed by atoms with E-state index in [9.17, 15) is 19.8 Å². The first kappa shape index (κ1) is 30.1. The number of benzene rings is 2. The van der Waals surface area contributed by atoms with Crippen LogP contribution < -0.4 is 0 Å². The summed E-state index contributed by atoms with van der Waals surface area (Å²) in [6.07, 6.45) is 4.09. The first-order valence-corrected chi connectivity index (χ1v) is 11.7. The Kier molecular flexibility index (Phi) is 14.6. The van der Waals surface area contributed by atoms with Crippen molar-refractivity contribution >= 4 is 35.4 Å². The lowest BCUT2D eigenvalue weighted by molar-refractivity contribution is -0.116. The van der Waals surface area contributed by atoms with Gasteiger partial charge in [0.05, 0.1) is 26.2 Å². The molecule has 8 nitrogen and oxygen atoms in total. The molecule has 36 heavy (non-hydrogen) atoms. The third-order valence-corrected chi connectivity index (χ3v) is 4.57. The topological polar surface area (TPSA) is 124 Å². The van der Waals surface area contributed by atoms with Crippen molar-refractivity contribution in [2.75, 3.05) is 26.2 Å². The monoisotopic (exact) mass is 492 g/mol. The van der Waals surface area contributed by atoms with Gasteiger partial charge in [0, 0.05) is 47.8 Å². The normalized spacial score (nSPS) is 12.0. The van der Waals surface area contributed by atoms with Gasteiger partial charge >= 0.3 is 0 Å². The molecule has 2 aromatic carbocycles. The summed E-state index contributed by atoms with van der Waals surface area (Å²) >= 11 is 0.